The summed E-state index contributed by atoms with van der Waals surface area (Å²) in [6, 6.07) is 8.93. The molecule has 7 nitrogen and oxygen atoms in total. The Morgan fingerprint density at radius 1 is 1.14 bits per heavy atom. The van der Waals surface area contributed by atoms with Crippen molar-refractivity contribution in [2.75, 3.05) is 12.1 Å². The van der Waals surface area contributed by atoms with Gasteiger partial charge in [0.1, 0.15) is 4.83 Å². The number of thiophene rings is 1. The number of hydrogen-bond donors (Lipinski definition) is 1. The lowest BCUT2D eigenvalue weighted by Crippen LogP contribution is -2.11. The molecular formula is C20H15N3O4S. The van der Waals surface area contributed by atoms with E-state index in [9.17, 15) is 4.79 Å². The molecule has 0 saturated carbocycles. The van der Waals surface area contributed by atoms with Crippen LogP contribution in [-0.2, 0) is 0 Å². The van der Waals surface area contributed by atoms with Gasteiger partial charge in [0.2, 0.25) is 6.79 Å². The number of carbonyl (C=O) groups is 1. The van der Waals surface area contributed by atoms with Crippen LogP contribution in [0.1, 0.15) is 20.9 Å². The number of anilines is 1. The van der Waals surface area contributed by atoms with Crippen LogP contribution in [0.3, 0.4) is 0 Å². The van der Waals surface area contributed by atoms with Gasteiger partial charge in [0.15, 0.2) is 23.1 Å². The second kappa shape index (κ2) is 6.35. The van der Waals surface area contributed by atoms with Crippen LogP contribution in [0.15, 0.2) is 41.0 Å². The number of furan rings is 1. The number of ether oxygens (including phenoxy) is 2. The number of aryl methyl sites for hydroxylation is 2. The number of benzene rings is 1. The monoisotopic (exact) mass is 393 g/mol. The van der Waals surface area contributed by atoms with Crippen molar-refractivity contribution in [3.63, 3.8) is 0 Å². The molecule has 0 spiro atoms. The Morgan fingerprint density at radius 2 is 2.00 bits per heavy atom. The Bertz CT molecular complexity index is 1210. The van der Waals surface area contributed by atoms with E-state index in [0.717, 1.165) is 21.5 Å². The molecular weight excluding hydrogens is 378 g/mol. The first-order chi connectivity index (χ1) is 13.6. The first-order valence-corrected chi connectivity index (χ1v) is 9.44. The highest BCUT2D eigenvalue weighted by molar-refractivity contribution is 7.20. The fourth-order valence-electron chi connectivity index (χ4n) is 3.23. The quantitative estimate of drug-likeness (QED) is 0.550. The molecule has 140 valence electrons. The van der Waals surface area contributed by atoms with Gasteiger partial charge in [-0.25, -0.2) is 9.97 Å². The van der Waals surface area contributed by atoms with Gasteiger partial charge in [-0.1, -0.05) is 0 Å². The Labute approximate surface area is 163 Å². The van der Waals surface area contributed by atoms with Crippen molar-refractivity contribution >= 4 is 33.1 Å². The predicted molar refractivity (Wildman–Crippen MR) is 105 cm³/mol. The zero-order chi connectivity index (χ0) is 19.3. The summed E-state index contributed by atoms with van der Waals surface area (Å²) in [6.45, 7) is 4.02. The Kier molecular flexibility index (Phi) is 3.80. The summed E-state index contributed by atoms with van der Waals surface area (Å²) in [4.78, 5) is 23.4. The summed E-state index contributed by atoms with van der Waals surface area (Å²) in [7, 11) is 0. The van der Waals surface area contributed by atoms with Gasteiger partial charge in [-0.3, -0.25) is 4.79 Å². The van der Waals surface area contributed by atoms with E-state index in [-0.39, 0.29) is 12.7 Å². The van der Waals surface area contributed by atoms with Crippen molar-refractivity contribution in [1.82, 2.24) is 9.97 Å². The molecule has 5 rings (SSSR count). The average Bonchev–Trinajstić information content (AvgIpc) is 3.41. The van der Waals surface area contributed by atoms with Gasteiger partial charge in [0.05, 0.1) is 16.8 Å². The van der Waals surface area contributed by atoms with Crippen molar-refractivity contribution in [2.45, 2.75) is 13.8 Å². The Balaban J connectivity index is 1.51. The number of nitrogens with one attached hydrogen (secondary N) is 1. The van der Waals surface area contributed by atoms with Crippen LogP contribution in [0.2, 0.25) is 0 Å². The molecule has 4 aromatic rings. The van der Waals surface area contributed by atoms with E-state index >= 15 is 0 Å². The van der Waals surface area contributed by atoms with Crippen LogP contribution >= 0.6 is 11.3 Å². The van der Waals surface area contributed by atoms with Gasteiger partial charge in [0.25, 0.3) is 5.91 Å². The van der Waals surface area contributed by atoms with Gasteiger partial charge in [0, 0.05) is 17.1 Å². The summed E-state index contributed by atoms with van der Waals surface area (Å²) >= 11 is 1.34. The highest BCUT2D eigenvalue weighted by Gasteiger charge is 2.21. The standard InChI is InChI=1S/C20H15N3O4S/c1-10-16-11(2)21-18(14-4-3-7-25-14)23-20(16)28-17(10)19(24)22-12-5-6-13-15(8-12)27-9-26-13/h3-8H,9H2,1-2H3,(H,22,24). The van der Waals surface area contributed by atoms with Crippen LogP contribution in [0, 0.1) is 13.8 Å². The summed E-state index contributed by atoms with van der Waals surface area (Å²) in [5, 5.41) is 3.82. The van der Waals surface area contributed by atoms with E-state index in [1.165, 1.54) is 11.3 Å². The second-order valence-electron chi connectivity index (χ2n) is 6.37. The van der Waals surface area contributed by atoms with E-state index < -0.39 is 0 Å². The van der Waals surface area contributed by atoms with Gasteiger partial charge in [-0.05, 0) is 43.7 Å². The molecule has 1 aliphatic heterocycles. The van der Waals surface area contributed by atoms with Crippen LogP contribution in [0.4, 0.5) is 5.69 Å². The molecule has 0 aliphatic carbocycles. The van der Waals surface area contributed by atoms with Crippen molar-refractivity contribution in [3.05, 3.63) is 52.7 Å². The van der Waals surface area contributed by atoms with E-state index in [4.69, 9.17) is 13.9 Å². The summed E-state index contributed by atoms with van der Waals surface area (Å²) in [6.07, 6.45) is 1.59. The molecule has 0 atom stereocenters. The zero-order valence-electron chi connectivity index (χ0n) is 15.1. The van der Waals surface area contributed by atoms with E-state index in [1.54, 1.807) is 30.5 Å². The molecule has 1 aliphatic rings. The predicted octanol–water partition coefficient (Wildman–Crippen LogP) is 4.55. The largest absolute Gasteiger partial charge is 0.461 e. The lowest BCUT2D eigenvalue weighted by Gasteiger charge is -2.05. The van der Waals surface area contributed by atoms with Gasteiger partial charge in [-0.2, -0.15) is 0 Å². The van der Waals surface area contributed by atoms with Crippen molar-refractivity contribution in [1.29, 1.82) is 0 Å². The maximum Gasteiger partial charge on any atom is 0.266 e. The molecule has 0 bridgehead atoms. The maximum atomic E-state index is 12.9. The third-order valence-corrected chi connectivity index (χ3v) is 5.73. The Hall–Kier alpha value is -3.39. The van der Waals surface area contributed by atoms with Gasteiger partial charge >= 0.3 is 0 Å². The molecule has 1 N–H and O–H groups in total. The minimum atomic E-state index is -0.196. The third kappa shape index (κ3) is 2.69. The maximum absolute atomic E-state index is 12.9. The topological polar surface area (TPSA) is 86.5 Å². The molecule has 8 heteroatoms. The minimum Gasteiger partial charge on any atom is -0.461 e. The van der Waals surface area contributed by atoms with Gasteiger partial charge < -0.3 is 19.2 Å². The highest BCUT2D eigenvalue weighted by Crippen LogP contribution is 2.36. The molecule has 28 heavy (non-hydrogen) atoms. The van der Waals surface area contributed by atoms with Crippen molar-refractivity contribution in [2.24, 2.45) is 0 Å². The van der Waals surface area contributed by atoms with Crippen LogP contribution in [0.25, 0.3) is 21.8 Å². The minimum absolute atomic E-state index is 0.193. The highest BCUT2D eigenvalue weighted by atomic mass is 32.1. The van der Waals surface area contributed by atoms with Gasteiger partial charge in [-0.15, -0.1) is 11.3 Å². The third-order valence-electron chi connectivity index (χ3n) is 4.55. The average molecular weight is 393 g/mol. The summed E-state index contributed by atoms with van der Waals surface area (Å²) in [5.74, 6) is 2.21. The van der Waals surface area contributed by atoms with E-state index in [2.05, 4.69) is 15.3 Å². The normalized spacial score (nSPS) is 12.5. The molecule has 4 heterocycles. The number of hydrogen-bond acceptors (Lipinski definition) is 7. The number of carbonyl (C=O) groups excluding carboxylic acids is 1. The molecule has 0 fully saturated rings. The number of rotatable bonds is 3. The smallest absolute Gasteiger partial charge is 0.266 e. The number of amides is 1. The van der Waals surface area contributed by atoms with Crippen LogP contribution in [0.5, 0.6) is 11.5 Å². The molecule has 1 amide bonds. The SMILES string of the molecule is Cc1nc(-c2ccco2)nc2sc(C(=O)Nc3ccc4c(c3)OCO4)c(C)c12. The first-order valence-electron chi connectivity index (χ1n) is 8.63. The van der Waals surface area contributed by atoms with E-state index in [1.807, 2.05) is 19.9 Å². The summed E-state index contributed by atoms with van der Waals surface area (Å²) < 4.78 is 16.1. The fourth-order valence-corrected chi connectivity index (χ4v) is 4.36. The second-order valence-corrected chi connectivity index (χ2v) is 7.37. The van der Waals surface area contributed by atoms with Crippen molar-refractivity contribution < 1.29 is 18.7 Å². The molecule has 1 aromatic carbocycles. The molecule has 0 saturated heterocycles. The molecule has 0 unspecified atom stereocenters. The lowest BCUT2D eigenvalue weighted by molar-refractivity contribution is 0.103. The van der Waals surface area contributed by atoms with Crippen LogP contribution < -0.4 is 14.8 Å². The molecule has 0 radical (unpaired) electrons. The summed E-state index contributed by atoms with van der Waals surface area (Å²) in [5.41, 5.74) is 2.32. The van der Waals surface area contributed by atoms with E-state index in [0.29, 0.717) is 33.6 Å². The number of fused-ring (bicyclic) bond motifs is 2. The number of nitrogens with zero attached hydrogens (tertiary/aromatic N) is 2. The Morgan fingerprint density at radius 3 is 2.82 bits per heavy atom. The lowest BCUT2D eigenvalue weighted by atomic mass is 10.1. The fraction of sp³-hybridized carbons (Fsp3) is 0.150. The first kappa shape index (κ1) is 16.8. The molecule has 3 aromatic heterocycles. The van der Waals surface area contributed by atoms with Crippen molar-refractivity contribution in [3.8, 4) is 23.1 Å². The number of aromatic nitrogens is 2. The zero-order valence-corrected chi connectivity index (χ0v) is 15.9. The van der Waals surface area contributed by atoms with Crippen LogP contribution in [-0.4, -0.2) is 22.7 Å².